The lowest BCUT2D eigenvalue weighted by atomic mass is 10.1. The van der Waals surface area contributed by atoms with Crippen LogP contribution >= 0.6 is 0 Å². The minimum Gasteiger partial charge on any atom is -0.275 e. The maximum Gasteiger partial charge on any atom is 0.151 e. The van der Waals surface area contributed by atoms with Crippen molar-refractivity contribution in [1.29, 1.82) is 0 Å². The van der Waals surface area contributed by atoms with E-state index < -0.39 is 23.3 Å². The van der Waals surface area contributed by atoms with E-state index in [0.717, 1.165) is 18.2 Å². The van der Waals surface area contributed by atoms with Gasteiger partial charge in [-0.15, -0.1) is 0 Å². The van der Waals surface area contributed by atoms with E-state index >= 15 is 0 Å². The van der Waals surface area contributed by atoms with Gasteiger partial charge in [-0.3, -0.25) is 5.43 Å². The third-order valence-electron chi connectivity index (χ3n) is 2.60. The van der Waals surface area contributed by atoms with E-state index in [0.29, 0.717) is 6.07 Å². The standard InChI is InChI=1S/C14H10F4N2/c1-8(11-4-2-9(15)6-12(11)17)19-20-14-5-3-10(16)7-13(14)18/h2-7,20H,1H3/b19-8+. The fourth-order valence-electron chi connectivity index (χ4n) is 1.57. The Bertz CT molecular complexity index is 668. The summed E-state index contributed by atoms with van der Waals surface area (Å²) in [4.78, 5) is 0. The molecule has 2 aromatic rings. The number of hydrazone groups is 1. The lowest BCUT2D eigenvalue weighted by Gasteiger charge is -2.06. The summed E-state index contributed by atoms with van der Waals surface area (Å²) in [5.74, 6) is -3.00. The fourth-order valence-corrected chi connectivity index (χ4v) is 1.57. The summed E-state index contributed by atoms with van der Waals surface area (Å²) in [6.07, 6.45) is 0. The molecule has 0 heterocycles. The summed E-state index contributed by atoms with van der Waals surface area (Å²) in [7, 11) is 0. The third kappa shape index (κ3) is 3.14. The number of halogens is 4. The average Bonchev–Trinajstić information content (AvgIpc) is 2.37. The van der Waals surface area contributed by atoms with Crippen molar-refractivity contribution in [3.8, 4) is 0 Å². The highest BCUT2D eigenvalue weighted by Gasteiger charge is 2.07. The third-order valence-corrected chi connectivity index (χ3v) is 2.60. The van der Waals surface area contributed by atoms with E-state index in [1.165, 1.54) is 19.1 Å². The van der Waals surface area contributed by atoms with Crippen LogP contribution < -0.4 is 5.43 Å². The first-order valence-corrected chi connectivity index (χ1v) is 5.68. The molecule has 0 fully saturated rings. The van der Waals surface area contributed by atoms with Crippen LogP contribution in [-0.2, 0) is 0 Å². The van der Waals surface area contributed by atoms with Crippen molar-refractivity contribution in [2.75, 3.05) is 5.43 Å². The van der Waals surface area contributed by atoms with Gasteiger partial charge in [-0.05, 0) is 31.2 Å². The molecule has 0 aliphatic heterocycles. The van der Waals surface area contributed by atoms with Crippen LogP contribution in [0.4, 0.5) is 23.2 Å². The lowest BCUT2D eigenvalue weighted by molar-refractivity contribution is 0.581. The van der Waals surface area contributed by atoms with Crippen LogP contribution in [-0.4, -0.2) is 5.71 Å². The summed E-state index contributed by atoms with van der Waals surface area (Å²) >= 11 is 0. The number of anilines is 1. The Morgan fingerprint density at radius 2 is 1.50 bits per heavy atom. The van der Waals surface area contributed by atoms with Gasteiger partial charge in [-0.1, -0.05) is 0 Å². The molecule has 0 aromatic heterocycles. The molecule has 0 amide bonds. The molecule has 2 nitrogen and oxygen atoms in total. The molecule has 0 saturated carbocycles. The highest BCUT2D eigenvalue weighted by Crippen LogP contribution is 2.16. The molecule has 0 unspecified atom stereocenters. The van der Waals surface area contributed by atoms with Crippen molar-refractivity contribution in [2.45, 2.75) is 6.92 Å². The van der Waals surface area contributed by atoms with Crippen LogP contribution in [0, 0.1) is 23.3 Å². The van der Waals surface area contributed by atoms with E-state index in [9.17, 15) is 17.6 Å². The second-order valence-corrected chi connectivity index (χ2v) is 4.06. The predicted molar refractivity (Wildman–Crippen MR) is 68.5 cm³/mol. The SMILES string of the molecule is C/C(=N\Nc1ccc(F)cc1F)c1ccc(F)cc1F. The fraction of sp³-hybridized carbons (Fsp3) is 0.0714. The van der Waals surface area contributed by atoms with E-state index in [4.69, 9.17) is 0 Å². The van der Waals surface area contributed by atoms with Crippen molar-refractivity contribution in [1.82, 2.24) is 0 Å². The van der Waals surface area contributed by atoms with Gasteiger partial charge in [0.1, 0.15) is 17.5 Å². The molecule has 1 N–H and O–H groups in total. The first-order valence-electron chi connectivity index (χ1n) is 5.68. The molecule has 0 spiro atoms. The normalized spacial score (nSPS) is 11.6. The molecule has 6 heteroatoms. The topological polar surface area (TPSA) is 24.4 Å². The minimum absolute atomic E-state index is 0.0479. The first-order chi connectivity index (χ1) is 9.47. The molecular weight excluding hydrogens is 272 g/mol. The zero-order valence-corrected chi connectivity index (χ0v) is 10.4. The lowest BCUT2D eigenvalue weighted by Crippen LogP contribution is -2.04. The molecular formula is C14H10F4N2. The molecule has 104 valence electrons. The Labute approximate surface area is 112 Å². The molecule has 0 bridgehead atoms. The summed E-state index contributed by atoms with van der Waals surface area (Å²) in [5, 5.41) is 3.79. The highest BCUT2D eigenvalue weighted by molar-refractivity contribution is 5.99. The number of nitrogens with one attached hydrogen (secondary N) is 1. The predicted octanol–water partition coefficient (Wildman–Crippen LogP) is 4.08. The van der Waals surface area contributed by atoms with Crippen LogP contribution in [0.5, 0.6) is 0 Å². The summed E-state index contributed by atoms with van der Waals surface area (Å²) < 4.78 is 52.3. The Morgan fingerprint density at radius 1 is 0.900 bits per heavy atom. The second-order valence-electron chi connectivity index (χ2n) is 4.06. The molecule has 0 aliphatic carbocycles. The molecule has 0 saturated heterocycles. The van der Waals surface area contributed by atoms with Crippen molar-refractivity contribution in [3.05, 3.63) is 65.2 Å². The van der Waals surface area contributed by atoms with Gasteiger partial charge in [-0.2, -0.15) is 5.10 Å². The van der Waals surface area contributed by atoms with Crippen LogP contribution in [0.1, 0.15) is 12.5 Å². The van der Waals surface area contributed by atoms with Gasteiger partial charge >= 0.3 is 0 Å². The number of hydrogen-bond acceptors (Lipinski definition) is 2. The van der Waals surface area contributed by atoms with E-state index in [1.807, 2.05) is 0 Å². The van der Waals surface area contributed by atoms with Crippen molar-refractivity contribution in [3.63, 3.8) is 0 Å². The Balaban J connectivity index is 2.22. The van der Waals surface area contributed by atoms with E-state index in [2.05, 4.69) is 10.5 Å². The average molecular weight is 282 g/mol. The maximum atomic E-state index is 13.5. The Morgan fingerprint density at radius 3 is 2.10 bits per heavy atom. The summed E-state index contributed by atoms with van der Waals surface area (Å²) in [5.41, 5.74) is 2.60. The quantitative estimate of drug-likeness (QED) is 0.512. The monoisotopic (exact) mass is 282 g/mol. The van der Waals surface area contributed by atoms with Crippen LogP contribution in [0.2, 0.25) is 0 Å². The zero-order chi connectivity index (χ0) is 14.7. The van der Waals surface area contributed by atoms with E-state index in [-0.39, 0.29) is 17.0 Å². The molecule has 0 radical (unpaired) electrons. The van der Waals surface area contributed by atoms with Gasteiger partial charge in [0.05, 0.1) is 11.4 Å². The van der Waals surface area contributed by atoms with E-state index in [1.54, 1.807) is 0 Å². The van der Waals surface area contributed by atoms with Crippen LogP contribution in [0.25, 0.3) is 0 Å². The van der Waals surface area contributed by atoms with Crippen LogP contribution in [0.3, 0.4) is 0 Å². The highest BCUT2D eigenvalue weighted by atomic mass is 19.1. The van der Waals surface area contributed by atoms with Crippen molar-refractivity contribution >= 4 is 11.4 Å². The summed E-state index contributed by atoms with van der Waals surface area (Å²) in [6, 6.07) is 5.98. The van der Waals surface area contributed by atoms with Crippen molar-refractivity contribution < 1.29 is 17.6 Å². The summed E-state index contributed by atoms with van der Waals surface area (Å²) in [6.45, 7) is 1.48. The van der Waals surface area contributed by atoms with Gasteiger partial charge in [0.2, 0.25) is 0 Å². The minimum atomic E-state index is -0.818. The van der Waals surface area contributed by atoms with Crippen molar-refractivity contribution in [2.24, 2.45) is 5.10 Å². The molecule has 2 aromatic carbocycles. The zero-order valence-electron chi connectivity index (χ0n) is 10.4. The largest absolute Gasteiger partial charge is 0.275 e. The smallest absolute Gasteiger partial charge is 0.151 e. The van der Waals surface area contributed by atoms with Crippen LogP contribution in [0.15, 0.2) is 41.5 Å². The van der Waals surface area contributed by atoms with Gasteiger partial charge in [0.25, 0.3) is 0 Å². The Kier molecular flexibility index (Phi) is 4.02. The van der Waals surface area contributed by atoms with Gasteiger partial charge in [0.15, 0.2) is 5.82 Å². The second kappa shape index (κ2) is 5.73. The molecule has 0 aliphatic rings. The number of rotatable bonds is 3. The maximum absolute atomic E-state index is 13.5. The number of nitrogens with zero attached hydrogens (tertiary/aromatic N) is 1. The molecule has 0 atom stereocenters. The Hall–Kier alpha value is -2.37. The van der Waals surface area contributed by atoms with Gasteiger partial charge in [0, 0.05) is 17.7 Å². The number of hydrogen-bond donors (Lipinski definition) is 1. The van der Waals surface area contributed by atoms with Gasteiger partial charge < -0.3 is 0 Å². The number of benzene rings is 2. The molecule has 20 heavy (non-hydrogen) atoms. The first kappa shape index (κ1) is 14.0. The molecule has 2 rings (SSSR count). The van der Waals surface area contributed by atoms with Gasteiger partial charge in [-0.25, -0.2) is 17.6 Å².